The van der Waals surface area contributed by atoms with Crippen LogP contribution in [0.4, 0.5) is 0 Å². The topological polar surface area (TPSA) is 73.7 Å². The van der Waals surface area contributed by atoms with Crippen LogP contribution in [0.3, 0.4) is 0 Å². The third kappa shape index (κ3) is 2.74. The molecule has 0 unspecified atom stereocenters. The second kappa shape index (κ2) is 4.36. The van der Waals surface area contributed by atoms with Gasteiger partial charge in [-0.1, -0.05) is 11.8 Å². The van der Waals surface area contributed by atoms with Crippen molar-refractivity contribution in [1.29, 1.82) is 10.7 Å². The van der Waals surface area contributed by atoms with E-state index in [4.69, 9.17) is 16.4 Å². The van der Waals surface area contributed by atoms with Gasteiger partial charge in [0.15, 0.2) is 5.17 Å². The first-order valence-corrected chi connectivity index (χ1v) is 5.04. The summed E-state index contributed by atoms with van der Waals surface area (Å²) in [5.74, 6) is 2.27. The van der Waals surface area contributed by atoms with Crippen molar-refractivity contribution in [2.24, 2.45) is 17.6 Å². The first-order valence-electron chi connectivity index (χ1n) is 4.06. The molecular weight excluding hydrogens is 170 g/mol. The Balaban J connectivity index is 2.03. The number of amidine groups is 1. The molecule has 4 heteroatoms. The van der Waals surface area contributed by atoms with Gasteiger partial charge in [0, 0.05) is 12.2 Å². The number of nitriles is 1. The van der Waals surface area contributed by atoms with E-state index in [-0.39, 0.29) is 5.17 Å². The van der Waals surface area contributed by atoms with Gasteiger partial charge in [-0.05, 0) is 24.7 Å². The van der Waals surface area contributed by atoms with Crippen molar-refractivity contribution in [2.45, 2.75) is 19.3 Å². The molecule has 0 radical (unpaired) electrons. The number of hydrogen-bond acceptors (Lipinski definition) is 3. The Morgan fingerprint density at radius 1 is 1.58 bits per heavy atom. The van der Waals surface area contributed by atoms with Gasteiger partial charge in [0.05, 0.1) is 6.07 Å². The average Bonchev–Trinajstić information content (AvgIpc) is 1.93. The summed E-state index contributed by atoms with van der Waals surface area (Å²) >= 11 is 1.41. The summed E-state index contributed by atoms with van der Waals surface area (Å²) in [6.45, 7) is 0. The maximum absolute atomic E-state index is 8.40. The second-order valence-electron chi connectivity index (χ2n) is 3.24. The minimum atomic E-state index is 0.207. The maximum atomic E-state index is 8.40. The van der Waals surface area contributed by atoms with E-state index in [1.807, 2.05) is 0 Å². The van der Waals surface area contributed by atoms with Crippen LogP contribution in [-0.2, 0) is 0 Å². The number of rotatable bonds is 3. The zero-order chi connectivity index (χ0) is 8.97. The van der Waals surface area contributed by atoms with Gasteiger partial charge in [-0.3, -0.25) is 5.41 Å². The molecule has 0 amide bonds. The van der Waals surface area contributed by atoms with Gasteiger partial charge >= 0.3 is 0 Å². The molecule has 0 aromatic rings. The molecule has 1 aliphatic rings. The van der Waals surface area contributed by atoms with Crippen molar-refractivity contribution < 1.29 is 0 Å². The van der Waals surface area contributed by atoms with Gasteiger partial charge in [0.25, 0.3) is 0 Å². The lowest BCUT2D eigenvalue weighted by molar-refractivity contribution is 0.221. The van der Waals surface area contributed by atoms with Crippen LogP contribution in [0, 0.1) is 28.6 Å². The molecule has 0 aliphatic heterocycles. The number of thioether (sulfide) groups is 1. The highest BCUT2D eigenvalue weighted by Crippen LogP contribution is 2.37. The lowest BCUT2D eigenvalue weighted by atomic mass is 9.75. The predicted molar refractivity (Wildman–Crippen MR) is 50.8 cm³/mol. The molecule has 1 aliphatic carbocycles. The van der Waals surface area contributed by atoms with Gasteiger partial charge in [0.1, 0.15) is 0 Å². The smallest absolute Gasteiger partial charge is 0.151 e. The Bertz CT molecular complexity index is 203. The fraction of sp³-hybridized carbons (Fsp3) is 0.750. The van der Waals surface area contributed by atoms with Gasteiger partial charge < -0.3 is 5.73 Å². The zero-order valence-corrected chi connectivity index (χ0v) is 7.73. The normalized spacial score (nSPS) is 27.2. The molecule has 0 aromatic heterocycles. The molecule has 3 N–H and O–H groups in total. The molecule has 1 saturated carbocycles. The second-order valence-corrected chi connectivity index (χ2v) is 4.30. The van der Waals surface area contributed by atoms with Gasteiger partial charge in [-0.25, -0.2) is 0 Å². The van der Waals surface area contributed by atoms with Gasteiger partial charge in [-0.15, -0.1) is 0 Å². The molecule has 0 saturated heterocycles. The van der Waals surface area contributed by atoms with Crippen LogP contribution < -0.4 is 5.73 Å². The number of hydrogen-bond donors (Lipinski definition) is 2. The van der Waals surface area contributed by atoms with E-state index in [1.165, 1.54) is 11.8 Å². The van der Waals surface area contributed by atoms with Crippen LogP contribution in [0.5, 0.6) is 0 Å². The largest absolute Gasteiger partial charge is 0.379 e. The molecule has 1 fully saturated rings. The Morgan fingerprint density at radius 3 is 2.75 bits per heavy atom. The van der Waals surface area contributed by atoms with E-state index in [9.17, 15) is 0 Å². The SMILES string of the molecule is N#CCC1CC(CSC(=N)N)C1. The third-order valence-corrected chi connectivity index (χ3v) is 3.14. The summed E-state index contributed by atoms with van der Waals surface area (Å²) in [6, 6.07) is 2.18. The highest BCUT2D eigenvalue weighted by molar-refractivity contribution is 8.13. The Labute approximate surface area is 76.8 Å². The fourth-order valence-electron chi connectivity index (χ4n) is 1.51. The first-order chi connectivity index (χ1) is 5.72. The minimum absolute atomic E-state index is 0.207. The van der Waals surface area contributed by atoms with Crippen LogP contribution in [0.1, 0.15) is 19.3 Å². The lowest BCUT2D eigenvalue weighted by Crippen LogP contribution is -2.26. The van der Waals surface area contributed by atoms with E-state index in [1.54, 1.807) is 0 Å². The fourth-order valence-corrected chi connectivity index (χ4v) is 2.20. The number of nitrogens with two attached hydrogens (primary N) is 1. The van der Waals surface area contributed by atoms with E-state index < -0.39 is 0 Å². The van der Waals surface area contributed by atoms with Gasteiger partial charge in [-0.2, -0.15) is 5.26 Å². The van der Waals surface area contributed by atoms with Crippen molar-refractivity contribution in [3.8, 4) is 6.07 Å². The molecule has 1 rings (SSSR count). The molecule has 12 heavy (non-hydrogen) atoms. The monoisotopic (exact) mass is 183 g/mol. The van der Waals surface area contributed by atoms with Crippen LogP contribution in [-0.4, -0.2) is 10.9 Å². The van der Waals surface area contributed by atoms with Crippen molar-refractivity contribution in [1.82, 2.24) is 0 Å². The molecule has 66 valence electrons. The standard InChI is InChI=1S/C8H13N3S/c9-2-1-6-3-7(4-6)5-12-8(10)11/h6-7H,1,3-5H2,(H3,10,11). The summed E-state index contributed by atoms with van der Waals surface area (Å²) in [4.78, 5) is 0. The van der Waals surface area contributed by atoms with Crippen molar-refractivity contribution in [2.75, 3.05) is 5.75 Å². The van der Waals surface area contributed by atoms with Crippen LogP contribution >= 0.6 is 11.8 Å². The Hall–Kier alpha value is -0.690. The summed E-state index contributed by atoms with van der Waals surface area (Å²) in [5, 5.41) is 15.6. The molecular formula is C8H13N3S. The lowest BCUT2D eigenvalue weighted by Gasteiger charge is -2.33. The molecule has 0 spiro atoms. The quantitative estimate of drug-likeness (QED) is 0.515. The number of nitrogens with zero attached hydrogens (tertiary/aromatic N) is 1. The first kappa shape index (κ1) is 9.40. The summed E-state index contributed by atoms with van der Waals surface area (Å²) < 4.78 is 0. The Morgan fingerprint density at radius 2 is 2.25 bits per heavy atom. The van der Waals surface area contributed by atoms with E-state index >= 15 is 0 Å². The molecule has 0 heterocycles. The highest BCUT2D eigenvalue weighted by Gasteiger charge is 2.28. The average molecular weight is 183 g/mol. The predicted octanol–water partition coefficient (Wildman–Crippen LogP) is 1.55. The van der Waals surface area contributed by atoms with E-state index in [2.05, 4.69) is 6.07 Å². The third-order valence-electron chi connectivity index (χ3n) is 2.19. The molecule has 0 atom stereocenters. The molecule has 0 bridgehead atoms. The van der Waals surface area contributed by atoms with Crippen molar-refractivity contribution in [3.63, 3.8) is 0 Å². The van der Waals surface area contributed by atoms with Crippen molar-refractivity contribution >= 4 is 16.9 Å². The Kier molecular flexibility index (Phi) is 3.42. The van der Waals surface area contributed by atoms with Crippen LogP contribution in [0.15, 0.2) is 0 Å². The summed E-state index contributed by atoms with van der Waals surface area (Å²) in [6.07, 6.45) is 2.99. The van der Waals surface area contributed by atoms with Gasteiger partial charge in [0.2, 0.25) is 0 Å². The van der Waals surface area contributed by atoms with Crippen molar-refractivity contribution in [3.05, 3.63) is 0 Å². The van der Waals surface area contributed by atoms with E-state index in [0.717, 1.165) is 18.6 Å². The van der Waals surface area contributed by atoms with Crippen LogP contribution in [0.25, 0.3) is 0 Å². The number of nitrogens with one attached hydrogen (secondary N) is 1. The molecule has 0 aromatic carbocycles. The zero-order valence-electron chi connectivity index (χ0n) is 6.92. The summed E-state index contributed by atoms with van der Waals surface area (Å²) in [7, 11) is 0. The minimum Gasteiger partial charge on any atom is -0.379 e. The highest BCUT2D eigenvalue weighted by atomic mass is 32.2. The van der Waals surface area contributed by atoms with E-state index in [0.29, 0.717) is 18.3 Å². The molecule has 3 nitrogen and oxygen atoms in total. The maximum Gasteiger partial charge on any atom is 0.151 e. The summed E-state index contributed by atoms with van der Waals surface area (Å²) in [5.41, 5.74) is 5.21. The van der Waals surface area contributed by atoms with Crippen LogP contribution in [0.2, 0.25) is 0 Å².